The van der Waals surface area contributed by atoms with E-state index in [4.69, 9.17) is 5.73 Å². The van der Waals surface area contributed by atoms with Crippen LogP contribution < -0.4 is 11.1 Å². The lowest BCUT2D eigenvalue weighted by Crippen LogP contribution is -2.34. The second-order valence-corrected chi connectivity index (χ2v) is 5.13. The molecule has 3 N–H and O–H groups in total. The molecule has 0 fully saturated rings. The molecule has 0 aliphatic rings. The Morgan fingerprint density at radius 1 is 1.30 bits per heavy atom. The predicted octanol–water partition coefficient (Wildman–Crippen LogP) is 2.51. The van der Waals surface area contributed by atoms with Crippen molar-refractivity contribution in [1.29, 1.82) is 0 Å². The molecule has 4 nitrogen and oxygen atoms in total. The highest BCUT2D eigenvalue weighted by molar-refractivity contribution is 5.99. The molecule has 1 atom stereocenters. The number of benzene rings is 1. The van der Waals surface area contributed by atoms with Crippen molar-refractivity contribution in [3.63, 3.8) is 0 Å². The van der Waals surface area contributed by atoms with Gasteiger partial charge in [0.1, 0.15) is 0 Å². The van der Waals surface area contributed by atoms with Crippen molar-refractivity contribution in [2.24, 2.45) is 0 Å². The number of nitrogens with two attached hydrogens (primary N) is 1. The number of carbonyl (C=O) groups excluding carboxylic acids is 1. The molecule has 0 bridgehead atoms. The third-order valence-electron chi connectivity index (χ3n) is 3.59. The van der Waals surface area contributed by atoms with Gasteiger partial charge in [0.25, 0.3) is 5.91 Å². The summed E-state index contributed by atoms with van der Waals surface area (Å²) < 4.78 is 0. The Hall–Kier alpha value is -1.55. The predicted molar refractivity (Wildman–Crippen MR) is 84.8 cm³/mol. The lowest BCUT2D eigenvalue weighted by atomic mass is 10.1. The van der Waals surface area contributed by atoms with Gasteiger partial charge in [-0.25, -0.2) is 0 Å². The van der Waals surface area contributed by atoms with Crippen LogP contribution >= 0.6 is 0 Å². The lowest BCUT2D eigenvalue weighted by Gasteiger charge is -2.20. The van der Waals surface area contributed by atoms with Crippen LogP contribution in [0, 0.1) is 0 Å². The van der Waals surface area contributed by atoms with E-state index in [1.54, 1.807) is 12.1 Å². The number of rotatable bonds is 8. The second kappa shape index (κ2) is 8.59. The molecule has 0 radical (unpaired) electrons. The molecule has 1 unspecified atom stereocenters. The number of nitrogens with one attached hydrogen (secondary N) is 1. The van der Waals surface area contributed by atoms with E-state index >= 15 is 0 Å². The minimum Gasteiger partial charge on any atom is -0.398 e. The third kappa shape index (κ3) is 5.21. The first-order valence-corrected chi connectivity index (χ1v) is 7.46. The van der Waals surface area contributed by atoms with E-state index in [9.17, 15) is 4.79 Å². The van der Waals surface area contributed by atoms with Crippen LogP contribution in [0.25, 0.3) is 0 Å². The molecule has 4 heteroatoms. The van der Waals surface area contributed by atoms with E-state index in [-0.39, 0.29) is 11.9 Å². The fourth-order valence-corrected chi connectivity index (χ4v) is 2.24. The number of nitrogen functional groups attached to an aromatic ring is 1. The monoisotopic (exact) mass is 277 g/mol. The highest BCUT2D eigenvalue weighted by atomic mass is 16.1. The molecule has 1 aromatic rings. The lowest BCUT2D eigenvalue weighted by molar-refractivity contribution is 0.0938. The maximum Gasteiger partial charge on any atom is 0.253 e. The molecule has 0 spiro atoms. The van der Waals surface area contributed by atoms with Crippen molar-refractivity contribution in [2.45, 2.75) is 39.7 Å². The van der Waals surface area contributed by atoms with E-state index in [1.807, 2.05) is 19.1 Å². The van der Waals surface area contributed by atoms with Crippen LogP contribution in [0.15, 0.2) is 24.3 Å². The molecule has 0 aliphatic heterocycles. The van der Waals surface area contributed by atoms with Crippen molar-refractivity contribution < 1.29 is 4.79 Å². The zero-order valence-corrected chi connectivity index (χ0v) is 12.9. The highest BCUT2D eigenvalue weighted by Crippen LogP contribution is 2.11. The Morgan fingerprint density at radius 3 is 2.55 bits per heavy atom. The third-order valence-corrected chi connectivity index (χ3v) is 3.59. The van der Waals surface area contributed by atoms with Gasteiger partial charge in [-0.15, -0.1) is 0 Å². The summed E-state index contributed by atoms with van der Waals surface area (Å²) in [4.78, 5) is 14.5. The molecule has 0 aliphatic carbocycles. The van der Waals surface area contributed by atoms with Crippen LogP contribution in [0.2, 0.25) is 0 Å². The van der Waals surface area contributed by atoms with Crippen LogP contribution in [0.4, 0.5) is 5.69 Å². The molecule has 1 aromatic carbocycles. The summed E-state index contributed by atoms with van der Waals surface area (Å²) in [6.45, 7) is 9.63. The van der Waals surface area contributed by atoms with Crippen LogP contribution in [-0.2, 0) is 0 Å². The van der Waals surface area contributed by atoms with Gasteiger partial charge in [0, 0.05) is 11.7 Å². The standard InChI is InChI=1S/C16H27N3O/c1-4-19(5-2)12-8-9-13(3)18-16(20)14-10-6-7-11-15(14)17/h6-7,10-11,13H,4-5,8-9,12,17H2,1-3H3,(H,18,20). The number of para-hydroxylation sites is 1. The van der Waals surface area contributed by atoms with E-state index in [1.165, 1.54) is 0 Å². The van der Waals surface area contributed by atoms with Crippen molar-refractivity contribution in [3.05, 3.63) is 29.8 Å². The topological polar surface area (TPSA) is 58.4 Å². The van der Waals surface area contributed by atoms with E-state index in [0.717, 1.165) is 32.5 Å². The van der Waals surface area contributed by atoms with Gasteiger partial charge in [-0.05, 0) is 51.5 Å². The first-order valence-electron chi connectivity index (χ1n) is 7.46. The molecule has 0 heterocycles. The summed E-state index contributed by atoms with van der Waals surface area (Å²) in [5, 5.41) is 3.01. The zero-order valence-electron chi connectivity index (χ0n) is 12.9. The minimum atomic E-state index is -0.0848. The highest BCUT2D eigenvalue weighted by Gasteiger charge is 2.12. The van der Waals surface area contributed by atoms with E-state index < -0.39 is 0 Å². The Kier molecular flexibility index (Phi) is 7.09. The van der Waals surface area contributed by atoms with E-state index in [0.29, 0.717) is 11.3 Å². The number of nitrogens with zero attached hydrogens (tertiary/aromatic N) is 1. The summed E-state index contributed by atoms with van der Waals surface area (Å²) in [7, 11) is 0. The van der Waals surface area contributed by atoms with E-state index in [2.05, 4.69) is 24.1 Å². The van der Waals surface area contributed by atoms with Gasteiger partial charge in [0.05, 0.1) is 5.56 Å². The van der Waals surface area contributed by atoms with Crippen molar-refractivity contribution in [1.82, 2.24) is 10.2 Å². The van der Waals surface area contributed by atoms with Gasteiger partial charge in [-0.3, -0.25) is 4.79 Å². The minimum absolute atomic E-state index is 0.0848. The van der Waals surface area contributed by atoms with Crippen molar-refractivity contribution in [2.75, 3.05) is 25.4 Å². The van der Waals surface area contributed by atoms with Gasteiger partial charge in [0.2, 0.25) is 0 Å². The molecule has 0 aromatic heterocycles. The van der Waals surface area contributed by atoms with Gasteiger partial charge in [-0.1, -0.05) is 26.0 Å². The van der Waals surface area contributed by atoms with Crippen molar-refractivity contribution in [3.8, 4) is 0 Å². The maximum atomic E-state index is 12.1. The maximum absolute atomic E-state index is 12.1. The SMILES string of the molecule is CCN(CC)CCCC(C)NC(=O)c1ccccc1N. The number of hydrogen-bond acceptors (Lipinski definition) is 3. The normalized spacial score (nSPS) is 12.4. The first kappa shape index (κ1) is 16.5. The average Bonchev–Trinajstić information content (AvgIpc) is 2.44. The van der Waals surface area contributed by atoms with Crippen LogP contribution in [0.3, 0.4) is 0 Å². The smallest absolute Gasteiger partial charge is 0.253 e. The largest absolute Gasteiger partial charge is 0.398 e. The summed E-state index contributed by atoms with van der Waals surface area (Å²) in [5.74, 6) is -0.0848. The molecule has 1 amide bonds. The Labute approximate surface area is 122 Å². The van der Waals surface area contributed by atoms with Gasteiger partial charge in [0.15, 0.2) is 0 Å². The summed E-state index contributed by atoms with van der Waals surface area (Å²) in [5.41, 5.74) is 6.89. The Balaban J connectivity index is 2.37. The molecule has 0 saturated carbocycles. The second-order valence-electron chi connectivity index (χ2n) is 5.13. The molecular weight excluding hydrogens is 250 g/mol. The Morgan fingerprint density at radius 2 is 1.95 bits per heavy atom. The summed E-state index contributed by atoms with van der Waals surface area (Å²) in [6, 6.07) is 7.33. The van der Waals surface area contributed by atoms with Gasteiger partial charge < -0.3 is 16.0 Å². The van der Waals surface area contributed by atoms with Crippen LogP contribution in [0.5, 0.6) is 0 Å². The van der Waals surface area contributed by atoms with Gasteiger partial charge >= 0.3 is 0 Å². The average molecular weight is 277 g/mol. The summed E-state index contributed by atoms with van der Waals surface area (Å²) in [6.07, 6.45) is 2.07. The fourth-order valence-electron chi connectivity index (χ4n) is 2.24. The molecule has 1 rings (SSSR count). The van der Waals surface area contributed by atoms with Crippen LogP contribution in [0.1, 0.15) is 44.0 Å². The van der Waals surface area contributed by atoms with Crippen LogP contribution in [-0.4, -0.2) is 36.5 Å². The fraction of sp³-hybridized carbons (Fsp3) is 0.562. The molecule has 20 heavy (non-hydrogen) atoms. The quantitative estimate of drug-likeness (QED) is 0.718. The summed E-state index contributed by atoms with van der Waals surface area (Å²) >= 11 is 0. The molecular formula is C16H27N3O. The first-order chi connectivity index (χ1) is 9.58. The number of amides is 1. The zero-order chi connectivity index (χ0) is 15.0. The number of anilines is 1. The number of carbonyl (C=O) groups is 1. The van der Waals surface area contributed by atoms with Crippen molar-refractivity contribution >= 4 is 11.6 Å². The van der Waals surface area contributed by atoms with Gasteiger partial charge in [-0.2, -0.15) is 0 Å². The Bertz CT molecular complexity index is 416. The molecule has 0 saturated heterocycles. The number of hydrogen-bond donors (Lipinski definition) is 2. The molecule has 112 valence electrons.